The predicted molar refractivity (Wildman–Crippen MR) is 113 cm³/mol. The molecule has 0 aromatic carbocycles. The lowest BCUT2D eigenvalue weighted by molar-refractivity contribution is -0.141. The van der Waals surface area contributed by atoms with Gasteiger partial charge in [0, 0.05) is 36.4 Å². The molecule has 1 fully saturated rings. The highest BCUT2D eigenvalue weighted by Gasteiger charge is 2.32. The minimum absolute atomic E-state index is 0.0211. The molecule has 0 saturated carbocycles. The predicted octanol–water partition coefficient (Wildman–Crippen LogP) is 3.57. The van der Waals surface area contributed by atoms with E-state index in [4.69, 9.17) is 0 Å². The molecule has 0 radical (unpaired) electrons. The molecule has 35 heavy (non-hydrogen) atoms. The van der Waals surface area contributed by atoms with Crippen LogP contribution in [-0.2, 0) is 6.54 Å². The van der Waals surface area contributed by atoms with E-state index in [1.807, 2.05) is 0 Å². The summed E-state index contributed by atoms with van der Waals surface area (Å²) in [5.74, 6) is -2.33. The van der Waals surface area contributed by atoms with Crippen LogP contribution in [0.3, 0.4) is 0 Å². The number of aliphatic hydroxyl groups excluding tert-OH is 1. The Kier molecular flexibility index (Phi) is 5.46. The quantitative estimate of drug-likeness (QED) is 0.440. The van der Waals surface area contributed by atoms with Gasteiger partial charge < -0.3 is 10.0 Å². The van der Waals surface area contributed by atoms with Gasteiger partial charge >= 0.3 is 6.18 Å². The van der Waals surface area contributed by atoms with Crippen molar-refractivity contribution < 1.29 is 31.9 Å². The Morgan fingerprint density at radius 3 is 2.69 bits per heavy atom. The van der Waals surface area contributed by atoms with E-state index in [9.17, 15) is 31.9 Å². The Morgan fingerprint density at radius 2 is 1.97 bits per heavy atom. The Hall–Kier alpha value is -3.61. The smallest absolute Gasteiger partial charge is 0.393 e. The molecule has 0 aliphatic carbocycles. The number of rotatable bonds is 3. The molecule has 1 aliphatic rings. The number of carbonyl (C=O) groups is 1. The van der Waals surface area contributed by atoms with Crippen LogP contribution in [0, 0.1) is 11.6 Å². The largest absolute Gasteiger partial charge is 0.408 e. The van der Waals surface area contributed by atoms with E-state index in [-0.39, 0.29) is 46.2 Å². The number of likely N-dealkylation sites (tertiary alicyclic amines) is 1. The van der Waals surface area contributed by atoms with Crippen LogP contribution < -0.4 is 0 Å². The number of piperidine rings is 1. The van der Waals surface area contributed by atoms with Crippen molar-refractivity contribution >= 4 is 22.5 Å². The number of hydrogen-bond donors (Lipinski definition) is 1. The topological polar surface area (TPSA) is 88.5 Å². The fourth-order valence-electron chi connectivity index (χ4n) is 4.45. The summed E-state index contributed by atoms with van der Waals surface area (Å²) < 4.78 is 69.7. The summed E-state index contributed by atoms with van der Waals surface area (Å²) in [7, 11) is 0. The van der Waals surface area contributed by atoms with Gasteiger partial charge in [0.15, 0.2) is 11.5 Å². The van der Waals surface area contributed by atoms with Gasteiger partial charge in [-0.3, -0.25) is 18.9 Å². The number of pyridine rings is 2. The van der Waals surface area contributed by atoms with E-state index in [1.54, 1.807) is 6.92 Å². The molecule has 4 aromatic heterocycles. The van der Waals surface area contributed by atoms with Crippen molar-refractivity contribution in [3.05, 3.63) is 48.1 Å². The molecule has 0 bridgehead atoms. The van der Waals surface area contributed by atoms with Crippen molar-refractivity contribution in [2.24, 2.45) is 0 Å². The van der Waals surface area contributed by atoms with Crippen LogP contribution in [0.5, 0.6) is 0 Å². The molecule has 13 heteroatoms. The van der Waals surface area contributed by atoms with Crippen molar-refractivity contribution in [1.82, 2.24) is 29.0 Å². The first kappa shape index (κ1) is 23.1. The number of carbonyl (C=O) groups excluding carboxylic acids is 1. The van der Waals surface area contributed by atoms with E-state index in [0.29, 0.717) is 23.6 Å². The Morgan fingerprint density at radius 1 is 1.20 bits per heavy atom. The number of imidazole rings is 1. The van der Waals surface area contributed by atoms with Gasteiger partial charge in [-0.1, -0.05) is 0 Å². The molecule has 1 saturated heterocycles. The first-order valence-corrected chi connectivity index (χ1v) is 10.8. The van der Waals surface area contributed by atoms with Gasteiger partial charge in [0.25, 0.3) is 5.91 Å². The van der Waals surface area contributed by atoms with Crippen molar-refractivity contribution in [1.29, 1.82) is 0 Å². The summed E-state index contributed by atoms with van der Waals surface area (Å²) in [5, 5.41) is 14.0. The Balaban J connectivity index is 1.64. The lowest BCUT2D eigenvalue weighted by Crippen LogP contribution is -2.46. The van der Waals surface area contributed by atoms with Crippen LogP contribution in [0.15, 0.2) is 30.7 Å². The van der Waals surface area contributed by atoms with Crippen LogP contribution in [-0.4, -0.2) is 64.9 Å². The van der Waals surface area contributed by atoms with Gasteiger partial charge in [0.2, 0.25) is 0 Å². The number of alkyl halides is 3. The molecule has 1 amide bonds. The van der Waals surface area contributed by atoms with Crippen LogP contribution in [0.25, 0.3) is 27.9 Å². The standard InChI is InChI=1S/C22H19F5N6O2/c1-11-4-13(34)2-3-31(11)21(35)16-6-17-14(7-28-16)19(30-33(17)10-22(25,26)27)18-8-29-20-15(24)5-12(23)9-32(18)20/h5-9,11,13,34H,2-4,10H2,1H3. The van der Waals surface area contributed by atoms with Crippen LogP contribution in [0.2, 0.25) is 0 Å². The normalized spacial score (nSPS) is 19.1. The SMILES string of the molecule is CC1CC(O)CCN1C(=O)c1cc2c(cn1)c(-c1cnc3c(F)cc(F)cn13)nn2CC(F)(F)F. The summed E-state index contributed by atoms with van der Waals surface area (Å²) in [5.41, 5.74) is -0.287. The highest BCUT2D eigenvalue weighted by Crippen LogP contribution is 2.32. The van der Waals surface area contributed by atoms with Gasteiger partial charge in [-0.15, -0.1) is 0 Å². The number of amides is 1. The second-order valence-electron chi connectivity index (χ2n) is 8.58. The van der Waals surface area contributed by atoms with Gasteiger partial charge in [-0.05, 0) is 25.8 Å². The van der Waals surface area contributed by atoms with Crippen LogP contribution in [0.4, 0.5) is 22.0 Å². The third kappa shape index (κ3) is 4.20. The zero-order valence-electron chi connectivity index (χ0n) is 18.3. The number of hydrogen-bond acceptors (Lipinski definition) is 5. The molecular formula is C22H19F5N6O2. The van der Waals surface area contributed by atoms with E-state index >= 15 is 0 Å². The van der Waals surface area contributed by atoms with Crippen molar-refractivity contribution in [3.8, 4) is 11.4 Å². The number of aromatic nitrogens is 5. The zero-order chi connectivity index (χ0) is 25.1. The summed E-state index contributed by atoms with van der Waals surface area (Å²) in [6.07, 6.45) is -1.04. The lowest BCUT2D eigenvalue weighted by atomic mass is 10.0. The molecular weight excluding hydrogens is 475 g/mol. The molecule has 8 nitrogen and oxygen atoms in total. The highest BCUT2D eigenvalue weighted by atomic mass is 19.4. The van der Waals surface area contributed by atoms with Gasteiger partial charge in [-0.25, -0.2) is 13.8 Å². The van der Waals surface area contributed by atoms with Crippen LogP contribution in [0.1, 0.15) is 30.3 Å². The molecule has 0 spiro atoms. The Bertz CT molecular complexity index is 1450. The van der Waals surface area contributed by atoms with E-state index in [1.165, 1.54) is 23.4 Å². The lowest BCUT2D eigenvalue weighted by Gasteiger charge is -2.35. The van der Waals surface area contributed by atoms with E-state index in [2.05, 4.69) is 15.1 Å². The number of halogens is 5. The number of aliphatic hydroxyl groups is 1. The summed E-state index contributed by atoms with van der Waals surface area (Å²) >= 11 is 0. The molecule has 5 rings (SSSR count). The highest BCUT2D eigenvalue weighted by molar-refractivity contribution is 5.99. The van der Waals surface area contributed by atoms with Crippen LogP contribution >= 0.6 is 0 Å². The number of nitrogens with zero attached hydrogens (tertiary/aromatic N) is 6. The molecule has 1 N–H and O–H groups in total. The fraction of sp³-hybridized carbons (Fsp3) is 0.364. The minimum Gasteiger partial charge on any atom is -0.393 e. The molecule has 1 aliphatic heterocycles. The third-order valence-corrected chi connectivity index (χ3v) is 6.06. The van der Waals surface area contributed by atoms with Crippen molar-refractivity contribution in [2.45, 2.75) is 44.6 Å². The average molecular weight is 494 g/mol. The summed E-state index contributed by atoms with van der Waals surface area (Å²) in [4.78, 5) is 22.7. The van der Waals surface area contributed by atoms with E-state index < -0.39 is 36.4 Å². The second kappa shape index (κ2) is 8.26. The molecule has 5 heterocycles. The Labute approximate surface area is 194 Å². The molecule has 4 aromatic rings. The zero-order valence-corrected chi connectivity index (χ0v) is 18.3. The maximum absolute atomic E-state index is 14.1. The molecule has 184 valence electrons. The third-order valence-electron chi connectivity index (χ3n) is 6.06. The summed E-state index contributed by atoms with van der Waals surface area (Å²) in [6, 6.07) is 1.59. The fourth-order valence-corrected chi connectivity index (χ4v) is 4.45. The maximum Gasteiger partial charge on any atom is 0.408 e. The van der Waals surface area contributed by atoms with Gasteiger partial charge in [0.05, 0.1) is 23.5 Å². The molecule has 2 atom stereocenters. The minimum atomic E-state index is -4.63. The van der Waals surface area contributed by atoms with Crippen molar-refractivity contribution in [3.63, 3.8) is 0 Å². The average Bonchev–Trinajstić information content (AvgIpc) is 3.33. The van der Waals surface area contributed by atoms with Gasteiger partial charge in [0.1, 0.15) is 23.7 Å². The second-order valence-corrected chi connectivity index (χ2v) is 8.58. The van der Waals surface area contributed by atoms with E-state index in [0.717, 1.165) is 10.6 Å². The molecule has 2 unspecified atom stereocenters. The summed E-state index contributed by atoms with van der Waals surface area (Å²) in [6.45, 7) is 0.605. The first-order chi connectivity index (χ1) is 16.5. The number of fused-ring (bicyclic) bond motifs is 2. The van der Waals surface area contributed by atoms with Crippen molar-refractivity contribution in [2.75, 3.05) is 6.54 Å². The first-order valence-electron chi connectivity index (χ1n) is 10.8. The van der Waals surface area contributed by atoms with Gasteiger partial charge in [-0.2, -0.15) is 18.3 Å². The monoisotopic (exact) mass is 494 g/mol. The maximum atomic E-state index is 14.1.